The van der Waals surface area contributed by atoms with Crippen LogP contribution in [0.5, 0.6) is 0 Å². The smallest absolute Gasteiger partial charge is 0.175 e. The van der Waals surface area contributed by atoms with Gasteiger partial charge in [0.25, 0.3) is 0 Å². The molecule has 1 heterocycles. The van der Waals surface area contributed by atoms with E-state index in [0.717, 1.165) is 44.0 Å². The van der Waals surface area contributed by atoms with Gasteiger partial charge in [0.1, 0.15) is 0 Å². The van der Waals surface area contributed by atoms with E-state index in [1.165, 1.54) is 11.8 Å². The fraction of sp³-hybridized carbons (Fsp3) is 0.429. The molecule has 0 atom stereocenters. The molecule has 0 bridgehead atoms. The Hall–Kier alpha value is -1.89. The summed E-state index contributed by atoms with van der Waals surface area (Å²) in [7, 11) is -3.18. The zero-order valence-corrected chi connectivity index (χ0v) is 17.0. The Balaban J connectivity index is 1.59. The van der Waals surface area contributed by atoms with Crippen molar-refractivity contribution in [3.8, 4) is 0 Å². The maximum absolute atomic E-state index is 11.8. The second-order valence-electron chi connectivity index (χ2n) is 7.79. The van der Waals surface area contributed by atoms with E-state index in [-0.39, 0.29) is 0 Å². The van der Waals surface area contributed by atoms with E-state index in [0.29, 0.717) is 4.90 Å². The summed E-state index contributed by atoms with van der Waals surface area (Å²) in [5.74, 6) is 0. The number of aliphatic hydroxyl groups is 1. The first-order chi connectivity index (χ1) is 12.6. The Morgan fingerprint density at radius 1 is 1.00 bits per heavy atom. The zero-order chi connectivity index (χ0) is 19.7. The topological polar surface area (TPSA) is 60.9 Å². The molecule has 0 amide bonds. The number of rotatable bonds is 5. The largest absolute Gasteiger partial charge is 0.386 e. The molecule has 146 valence electrons. The molecule has 1 aliphatic heterocycles. The van der Waals surface area contributed by atoms with Crippen molar-refractivity contribution in [3.05, 3.63) is 59.7 Å². The standard InChI is InChI=1S/C21H28N2O3S/c1-21(2,24)18-9-7-17(8-10-18)16-22-11-13-23(14-12-22)19-5-4-6-20(15-19)27(3,25)26/h4-10,15,24H,11-14,16H2,1-3H3. The van der Waals surface area contributed by atoms with Crippen LogP contribution in [0.4, 0.5) is 5.69 Å². The van der Waals surface area contributed by atoms with Crippen molar-refractivity contribution in [2.45, 2.75) is 30.9 Å². The van der Waals surface area contributed by atoms with Crippen LogP contribution in [0.25, 0.3) is 0 Å². The third-order valence-electron chi connectivity index (χ3n) is 5.05. The molecular formula is C21H28N2O3S. The molecule has 0 unspecified atom stereocenters. The Bertz CT molecular complexity index is 878. The summed E-state index contributed by atoms with van der Waals surface area (Å²) in [5, 5.41) is 10.1. The first-order valence-electron chi connectivity index (χ1n) is 9.22. The van der Waals surface area contributed by atoms with E-state index < -0.39 is 15.4 Å². The van der Waals surface area contributed by atoms with Gasteiger partial charge in [0.15, 0.2) is 9.84 Å². The highest BCUT2D eigenvalue weighted by molar-refractivity contribution is 7.90. The highest BCUT2D eigenvalue weighted by Gasteiger charge is 2.19. The number of piperazine rings is 1. The fourth-order valence-corrected chi connectivity index (χ4v) is 4.01. The first-order valence-corrected chi connectivity index (χ1v) is 11.1. The lowest BCUT2D eigenvalue weighted by Gasteiger charge is -2.36. The zero-order valence-electron chi connectivity index (χ0n) is 16.2. The lowest BCUT2D eigenvalue weighted by Crippen LogP contribution is -2.46. The number of hydrogen-bond acceptors (Lipinski definition) is 5. The minimum absolute atomic E-state index is 0.370. The number of hydrogen-bond donors (Lipinski definition) is 1. The van der Waals surface area contributed by atoms with E-state index in [9.17, 15) is 13.5 Å². The monoisotopic (exact) mass is 388 g/mol. The van der Waals surface area contributed by atoms with Gasteiger partial charge in [-0.25, -0.2) is 8.42 Å². The van der Waals surface area contributed by atoms with Crippen molar-refractivity contribution in [2.24, 2.45) is 0 Å². The molecule has 3 rings (SSSR count). The first kappa shape index (κ1) is 19.9. The molecule has 1 fully saturated rings. The van der Waals surface area contributed by atoms with Gasteiger partial charge in [-0.1, -0.05) is 30.3 Å². The van der Waals surface area contributed by atoms with E-state index in [1.54, 1.807) is 26.0 Å². The number of benzene rings is 2. The molecule has 2 aromatic rings. The second kappa shape index (κ2) is 7.62. The van der Waals surface area contributed by atoms with Crippen LogP contribution in [0.3, 0.4) is 0 Å². The summed E-state index contributed by atoms with van der Waals surface area (Å²) >= 11 is 0. The van der Waals surface area contributed by atoms with Crippen LogP contribution in [-0.4, -0.2) is 50.9 Å². The summed E-state index contributed by atoms with van der Waals surface area (Å²) in [4.78, 5) is 5.01. The van der Waals surface area contributed by atoms with Crippen LogP contribution < -0.4 is 4.90 Å². The van der Waals surface area contributed by atoms with Crippen LogP contribution in [0.1, 0.15) is 25.0 Å². The minimum atomic E-state index is -3.18. The molecule has 0 radical (unpaired) electrons. The lowest BCUT2D eigenvalue weighted by molar-refractivity contribution is 0.0785. The lowest BCUT2D eigenvalue weighted by atomic mass is 9.97. The van der Waals surface area contributed by atoms with Crippen molar-refractivity contribution in [1.82, 2.24) is 4.90 Å². The maximum Gasteiger partial charge on any atom is 0.175 e. The molecule has 0 spiro atoms. The van der Waals surface area contributed by atoms with Gasteiger partial charge in [-0.3, -0.25) is 4.90 Å². The Kier molecular flexibility index (Phi) is 5.60. The third-order valence-corrected chi connectivity index (χ3v) is 6.16. The molecule has 5 nitrogen and oxygen atoms in total. The third kappa shape index (κ3) is 5.09. The summed E-state index contributed by atoms with van der Waals surface area (Å²) in [6.07, 6.45) is 1.24. The molecule has 1 aliphatic rings. The highest BCUT2D eigenvalue weighted by Crippen LogP contribution is 2.23. The van der Waals surface area contributed by atoms with Crippen LogP contribution in [0.2, 0.25) is 0 Å². The molecule has 6 heteroatoms. The van der Waals surface area contributed by atoms with Gasteiger partial charge in [0.05, 0.1) is 10.5 Å². The van der Waals surface area contributed by atoms with Gasteiger partial charge in [0, 0.05) is 44.7 Å². The molecule has 0 saturated carbocycles. The van der Waals surface area contributed by atoms with Gasteiger partial charge < -0.3 is 10.0 Å². The van der Waals surface area contributed by atoms with Gasteiger partial charge >= 0.3 is 0 Å². The van der Waals surface area contributed by atoms with Gasteiger partial charge in [0.2, 0.25) is 0 Å². The van der Waals surface area contributed by atoms with E-state index in [2.05, 4.69) is 21.9 Å². The molecule has 2 aromatic carbocycles. The molecule has 0 aliphatic carbocycles. The predicted molar refractivity (Wildman–Crippen MR) is 109 cm³/mol. The van der Waals surface area contributed by atoms with Crippen molar-refractivity contribution < 1.29 is 13.5 Å². The van der Waals surface area contributed by atoms with Gasteiger partial charge in [-0.2, -0.15) is 0 Å². The molecule has 27 heavy (non-hydrogen) atoms. The second-order valence-corrected chi connectivity index (χ2v) is 9.80. The number of anilines is 1. The molecule has 1 N–H and O–H groups in total. The van der Waals surface area contributed by atoms with Crippen LogP contribution in [0, 0.1) is 0 Å². The average Bonchev–Trinajstić information content (AvgIpc) is 2.61. The maximum atomic E-state index is 11.8. The van der Waals surface area contributed by atoms with Crippen LogP contribution >= 0.6 is 0 Å². The van der Waals surface area contributed by atoms with E-state index in [1.807, 2.05) is 24.3 Å². The van der Waals surface area contributed by atoms with Crippen molar-refractivity contribution in [2.75, 3.05) is 37.3 Å². The highest BCUT2D eigenvalue weighted by atomic mass is 32.2. The fourth-order valence-electron chi connectivity index (χ4n) is 3.35. The molecular weight excluding hydrogens is 360 g/mol. The summed E-state index contributed by atoms with van der Waals surface area (Å²) in [5.41, 5.74) is 2.30. The van der Waals surface area contributed by atoms with Crippen LogP contribution in [0.15, 0.2) is 53.4 Å². The predicted octanol–water partition coefficient (Wildman–Crippen LogP) is 2.64. The average molecular weight is 389 g/mol. The van der Waals surface area contributed by atoms with Crippen molar-refractivity contribution in [1.29, 1.82) is 0 Å². The Labute approximate surface area is 162 Å². The Morgan fingerprint density at radius 2 is 1.63 bits per heavy atom. The quantitative estimate of drug-likeness (QED) is 0.853. The normalized spacial score (nSPS) is 16.5. The van der Waals surface area contributed by atoms with Crippen LogP contribution in [-0.2, 0) is 22.0 Å². The SMILES string of the molecule is CC(C)(O)c1ccc(CN2CCN(c3cccc(S(C)(=O)=O)c3)CC2)cc1. The summed E-state index contributed by atoms with van der Waals surface area (Å²) in [6, 6.07) is 15.3. The van der Waals surface area contributed by atoms with E-state index in [4.69, 9.17) is 0 Å². The summed E-state index contributed by atoms with van der Waals surface area (Å²) in [6.45, 7) is 8.06. The molecule has 1 saturated heterocycles. The minimum Gasteiger partial charge on any atom is -0.386 e. The van der Waals surface area contributed by atoms with Crippen molar-refractivity contribution >= 4 is 15.5 Å². The molecule has 0 aromatic heterocycles. The van der Waals surface area contributed by atoms with Gasteiger partial charge in [-0.05, 0) is 43.2 Å². The summed E-state index contributed by atoms with van der Waals surface area (Å²) < 4.78 is 23.5. The van der Waals surface area contributed by atoms with E-state index >= 15 is 0 Å². The number of nitrogens with zero attached hydrogens (tertiary/aromatic N) is 2. The Morgan fingerprint density at radius 3 is 2.19 bits per heavy atom. The number of sulfone groups is 1. The van der Waals surface area contributed by atoms with Crippen molar-refractivity contribution in [3.63, 3.8) is 0 Å². The van der Waals surface area contributed by atoms with Gasteiger partial charge in [-0.15, -0.1) is 0 Å².